The molecular weight excluding hydrogens is 340 g/mol. The predicted molar refractivity (Wildman–Crippen MR) is 108 cm³/mol. The van der Waals surface area contributed by atoms with Gasteiger partial charge in [-0.2, -0.15) is 5.10 Å². The molecular formula is C21H26N4S. The highest BCUT2D eigenvalue weighted by Crippen LogP contribution is 2.43. The summed E-state index contributed by atoms with van der Waals surface area (Å²) >= 11 is 1.89. The zero-order valence-electron chi connectivity index (χ0n) is 15.4. The number of likely N-dealkylation sites (tertiary alicyclic amines) is 1. The van der Waals surface area contributed by atoms with Crippen molar-refractivity contribution < 1.29 is 0 Å². The van der Waals surface area contributed by atoms with Gasteiger partial charge in [-0.25, -0.2) is 4.98 Å². The summed E-state index contributed by atoms with van der Waals surface area (Å²) in [5.41, 5.74) is 3.56. The van der Waals surface area contributed by atoms with Crippen molar-refractivity contribution in [1.82, 2.24) is 19.7 Å². The fourth-order valence-electron chi connectivity index (χ4n) is 4.41. The molecule has 5 rings (SSSR count). The van der Waals surface area contributed by atoms with Crippen LogP contribution in [0.1, 0.15) is 49.5 Å². The van der Waals surface area contributed by atoms with Crippen LogP contribution in [0.15, 0.2) is 30.6 Å². The zero-order valence-corrected chi connectivity index (χ0v) is 16.2. The second kappa shape index (κ2) is 6.78. The van der Waals surface area contributed by atoms with Crippen molar-refractivity contribution in [2.24, 2.45) is 7.05 Å². The molecule has 0 N–H and O–H groups in total. The molecule has 1 saturated heterocycles. The van der Waals surface area contributed by atoms with E-state index in [1.165, 1.54) is 72.4 Å². The van der Waals surface area contributed by atoms with Crippen molar-refractivity contribution in [2.45, 2.75) is 50.5 Å². The Hall–Kier alpha value is -1.72. The van der Waals surface area contributed by atoms with Crippen molar-refractivity contribution >= 4 is 21.6 Å². The Kier molecular flexibility index (Phi) is 4.29. The Balaban J connectivity index is 1.31. The van der Waals surface area contributed by atoms with E-state index in [-0.39, 0.29) is 0 Å². The fourth-order valence-corrected chi connectivity index (χ4v) is 5.55. The first kappa shape index (κ1) is 16.5. The second-order valence-corrected chi connectivity index (χ2v) is 8.97. The normalized spacial score (nSPS) is 24.5. The van der Waals surface area contributed by atoms with Crippen molar-refractivity contribution in [3.8, 4) is 11.1 Å². The third kappa shape index (κ3) is 3.08. The molecule has 0 spiro atoms. The van der Waals surface area contributed by atoms with Gasteiger partial charge in [0.25, 0.3) is 0 Å². The maximum Gasteiger partial charge on any atom is 0.0970 e. The Bertz CT molecular complexity index is 898. The van der Waals surface area contributed by atoms with E-state index in [0.717, 1.165) is 11.6 Å². The molecule has 1 aliphatic carbocycles. The van der Waals surface area contributed by atoms with E-state index in [0.29, 0.717) is 5.92 Å². The summed E-state index contributed by atoms with van der Waals surface area (Å²) in [5, 5.41) is 5.63. The van der Waals surface area contributed by atoms with E-state index in [1.807, 2.05) is 29.3 Å². The first-order chi connectivity index (χ1) is 12.8. The highest BCUT2D eigenvalue weighted by atomic mass is 32.1. The van der Waals surface area contributed by atoms with Crippen LogP contribution in [0, 0.1) is 0 Å². The molecule has 1 aromatic carbocycles. The Morgan fingerprint density at radius 1 is 1.04 bits per heavy atom. The van der Waals surface area contributed by atoms with Gasteiger partial charge < -0.3 is 4.90 Å². The van der Waals surface area contributed by atoms with Gasteiger partial charge in [0.15, 0.2) is 0 Å². The quantitative estimate of drug-likeness (QED) is 0.666. The third-order valence-corrected chi connectivity index (χ3v) is 7.24. The van der Waals surface area contributed by atoms with Gasteiger partial charge in [0.05, 0.1) is 21.4 Å². The summed E-state index contributed by atoms with van der Waals surface area (Å²) in [4.78, 5) is 7.70. The van der Waals surface area contributed by atoms with Crippen molar-refractivity contribution in [3.05, 3.63) is 35.6 Å². The molecule has 0 bridgehead atoms. The highest BCUT2D eigenvalue weighted by molar-refractivity contribution is 7.18. The van der Waals surface area contributed by atoms with Crippen LogP contribution in [-0.2, 0) is 7.05 Å². The van der Waals surface area contributed by atoms with Crippen LogP contribution in [0.3, 0.4) is 0 Å². The number of hydrogen-bond acceptors (Lipinski definition) is 4. The van der Waals surface area contributed by atoms with Crippen LogP contribution in [-0.4, -0.2) is 38.8 Å². The van der Waals surface area contributed by atoms with E-state index in [1.54, 1.807) is 0 Å². The zero-order chi connectivity index (χ0) is 17.5. The van der Waals surface area contributed by atoms with Crippen LogP contribution in [0.2, 0.25) is 0 Å². The van der Waals surface area contributed by atoms with Crippen molar-refractivity contribution in [2.75, 3.05) is 13.1 Å². The summed E-state index contributed by atoms with van der Waals surface area (Å²) in [5.74, 6) is 0.669. The molecule has 0 unspecified atom stereocenters. The lowest BCUT2D eigenvalue weighted by atomic mass is 9.79. The molecule has 1 aliphatic heterocycles. The molecule has 4 nitrogen and oxygen atoms in total. The minimum absolute atomic E-state index is 0.669. The number of aromatic nitrogens is 3. The lowest BCUT2D eigenvalue weighted by molar-refractivity contribution is 0.113. The minimum atomic E-state index is 0.669. The van der Waals surface area contributed by atoms with Crippen molar-refractivity contribution in [1.29, 1.82) is 0 Å². The fraction of sp³-hybridized carbons (Fsp3) is 0.524. The smallest absolute Gasteiger partial charge is 0.0970 e. The van der Waals surface area contributed by atoms with Gasteiger partial charge in [0.1, 0.15) is 0 Å². The average Bonchev–Trinajstić information content (AvgIpc) is 3.11. The lowest BCUT2D eigenvalue weighted by Gasteiger charge is -2.42. The summed E-state index contributed by atoms with van der Waals surface area (Å²) in [6.45, 7) is 2.62. The van der Waals surface area contributed by atoms with Gasteiger partial charge in [0.2, 0.25) is 0 Å². The van der Waals surface area contributed by atoms with Crippen LogP contribution in [0.5, 0.6) is 0 Å². The maximum atomic E-state index is 4.95. The van der Waals surface area contributed by atoms with Crippen LogP contribution in [0.25, 0.3) is 21.3 Å². The topological polar surface area (TPSA) is 34.0 Å². The third-order valence-electron chi connectivity index (χ3n) is 6.06. The van der Waals surface area contributed by atoms with Crippen LogP contribution < -0.4 is 0 Å². The average molecular weight is 367 g/mol. The molecule has 136 valence electrons. The van der Waals surface area contributed by atoms with Gasteiger partial charge >= 0.3 is 0 Å². The molecule has 0 radical (unpaired) electrons. The molecule has 2 aromatic heterocycles. The number of thiazole rings is 1. The van der Waals surface area contributed by atoms with Gasteiger partial charge in [-0.3, -0.25) is 4.68 Å². The predicted octanol–water partition coefficient (Wildman–Crippen LogP) is 4.82. The van der Waals surface area contributed by atoms with E-state index in [9.17, 15) is 0 Å². The number of fused-ring (bicyclic) bond motifs is 1. The number of rotatable bonds is 3. The van der Waals surface area contributed by atoms with Crippen LogP contribution in [0.4, 0.5) is 0 Å². The van der Waals surface area contributed by atoms with E-state index >= 15 is 0 Å². The minimum Gasteiger partial charge on any atom is -0.300 e. The van der Waals surface area contributed by atoms with Gasteiger partial charge in [-0.05, 0) is 56.5 Å². The molecule has 26 heavy (non-hydrogen) atoms. The van der Waals surface area contributed by atoms with E-state index < -0.39 is 0 Å². The summed E-state index contributed by atoms with van der Waals surface area (Å²) in [6.07, 6.45) is 12.2. The Labute approximate surface area is 158 Å². The molecule has 3 aromatic rings. The highest BCUT2D eigenvalue weighted by Gasteiger charge is 2.36. The molecule has 0 atom stereocenters. The van der Waals surface area contributed by atoms with Gasteiger partial charge in [0, 0.05) is 30.8 Å². The Morgan fingerprint density at radius 3 is 2.58 bits per heavy atom. The monoisotopic (exact) mass is 366 g/mol. The number of benzene rings is 1. The summed E-state index contributed by atoms with van der Waals surface area (Å²) in [7, 11) is 1.96. The van der Waals surface area contributed by atoms with Gasteiger partial charge in [-0.15, -0.1) is 11.3 Å². The second-order valence-electron chi connectivity index (χ2n) is 7.91. The lowest BCUT2D eigenvalue weighted by Crippen LogP contribution is -2.44. The molecule has 5 heteroatoms. The summed E-state index contributed by atoms with van der Waals surface area (Å²) < 4.78 is 3.16. The molecule has 2 fully saturated rings. The van der Waals surface area contributed by atoms with E-state index in [2.05, 4.69) is 34.4 Å². The number of hydrogen-bond donors (Lipinski definition) is 0. The molecule has 2 aliphatic rings. The Morgan fingerprint density at radius 2 is 1.85 bits per heavy atom. The maximum absolute atomic E-state index is 4.95. The molecule has 0 amide bonds. The largest absolute Gasteiger partial charge is 0.300 e. The van der Waals surface area contributed by atoms with Gasteiger partial charge in [-0.1, -0.05) is 18.9 Å². The van der Waals surface area contributed by atoms with Crippen LogP contribution >= 0.6 is 11.3 Å². The SMILES string of the molecule is Cn1cc(-c2ccc3nc(C4CC(N5CCCCCC5)C4)sc3c2)cn1. The molecule has 3 heterocycles. The first-order valence-corrected chi connectivity index (χ1v) is 10.7. The molecule has 1 saturated carbocycles. The van der Waals surface area contributed by atoms with E-state index in [4.69, 9.17) is 4.98 Å². The summed E-state index contributed by atoms with van der Waals surface area (Å²) in [6, 6.07) is 7.42. The number of nitrogens with zero attached hydrogens (tertiary/aromatic N) is 4. The first-order valence-electron chi connectivity index (χ1n) is 9.90. The number of aryl methyl sites for hydroxylation is 1. The van der Waals surface area contributed by atoms with Crippen molar-refractivity contribution in [3.63, 3.8) is 0 Å². The standard InChI is InChI=1S/C21H26N4S/c1-24-14-17(13-22-24)15-6-7-19-20(12-15)26-21(23-19)16-10-18(11-16)25-8-4-2-3-5-9-25/h6-7,12-14,16,18H,2-5,8-11H2,1H3.